The summed E-state index contributed by atoms with van der Waals surface area (Å²) in [4.78, 5) is 16.3. The Morgan fingerprint density at radius 3 is 2.62 bits per heavy atom. The Labute approximate surface area is 162 Å². The summed E-state index contributed by atoms with van der Waals surface area (Å²) in [6.45, 7) is 10.8. The zero-order valence-corrected chi connectivity index (χ0v) is 17.6. The lowest BCUT2D eigenvalue weighted by atomic mass is 10.1. The largest absolute Gasteiger partial charge is 0.469 e. The summed E-state index contributed by atoms with van der Waals surface area (Å²) >= 11 is 0. The minimum absolute atomic E-state index is 0. The number of carbonyl (C=O) groups excluding carboxylic acids is 1. The lowest BCUT2D eigenvalue weighted by molar-refractivity contribution is -0.121. The Morgan fingerprint density at radius 1 is 1.38 bits per heavy atom. The molecule has 0 spiro atoms. The summed E-state index contributed by atoms with van der Waals surface area (Å²) < 4.78 is 5.31. The number of nitrogens with one attached hydrogen (secondary N) is 3. The van der Waals surface area contributed by atoms with Gasteiger partial charge in [0.05, 0.1) is 6.26 Å². The second-order valence-corrected chi connectivity index (χ2v) is 6.67. The summed E-state index contributed by atoms with van der Waals surface area (Å²) in [5.41, 5.74) is -0.246. The van der Waals surface area contributed by atoms with Crippen molar-refractivity contribution in [2.75, 3.05) is 13.1 Å². The highest BCUT2D eigenvalue weighted by Crippen LogP contribution is 2.00. The van der Waals surface area contributed by atoms with Gasteiger partial charge in [-0.25, -0.2) is 4.99 Å². The Morgan fingerprint density at radius 2 is 2.08 bits per heavy atom. The molecule has 1 aromatic rings. The molecule has 7 heteroatoms. The first-order valence-corrected chi connectivity index (χ1v) is 8.18. The van der Waals surface area contributed by atoms with Crippen molar-refractivity contribution in [2.45, 2.75) is 59.0 Å². The van der Waals surface area contributed by atoms with Crippen LogP contribution in [-0.4, -0.2) is 36.5 Å². The first-order valence-electron chi connectivity index (χ1n) is 8.18. The maximum atomic E-state index is 11.9. The molecule has 0 bridgehead atoms. The molecule has 1 rings (SSSR count). The molecule has 1 atom stereocenters. The van der Waals surface area contributed by atoms with E-state index in [1.807, 2.05) is 32.9 Å². The van der Waals surface area contributed by atoms with Gasteiger partial charge in [0.15, 0.2) is 5.96 Å². The number of aliphatic imine (C=N–C) groups is 1. The van der Waals surface area contributed by atoms with Crippen LogP contribution in [0, 0.1) is 0 Å². The molecule has 1 heterocycles. The zero-order valence-electron chi connectivity index (χ0n) is 15.3. The Hall–Kier alpha value is -1.25. The van der Waals surface area contributed by atoms with Gasteiger partial charge in [0, 0.05) is 24.5 Å². The van der Waals surface area contributed by atoms with E-state index in [2.05, 4.69) is 34.8 Å². The van der Waals surface area contributed by atoms with Crippen LogP contribution < -0.4 is 16.0 Å². The monoisotopic (exact) mass is 450 g/mol. The number of furan rings is 1. The van der Waals surface area contributed by atoms with Gasteiger partial charge in [0.1, 0.15) is 12.3 Å². The number of guanidine groups is 1. The summed E-state index contributed by atoms with van der Waals surface area (Å²) in [6.07, 6.45) is 3.41. The van der Waals surface area contributed by atoms with Crippen LogP contribution in [0.3, 0.4) is 0 Å². The molecule has 0 aliphatic rings. The quantitative estimate of drug-likeness (QED) is 0.339. The lowest BCUT2D eigenvalue weighted by Crippen LogP contribution is -2.45. The van der Waals surface area contributed by atoms with Gasteiger partial charge in [-0.1, -0.05) is 6.92 Å². The van der Waals surface area contributed by atoms with Crippen molar-refractivity contribution < 1.29 is 9.21 Å². The van der Waals surface area contributed by atoms with E-state index >= 15 is 0 Å². The number of nitrogens with zero attached hydrogens (tertiary/aromatic N) is 1. The molecule has 138 valence electrons. The molecule has 0 radical (unpaired) electrons. The molecule has 0 aliphatic heterocycles. The number of rotatable bonds is 7. The number of amides is 1. The van der Waals surface area contributed by atoms with Gasteiger partial charge in [-0.3, -0.25) is 4.79 Å². The van der Waals surface area contributed by atoms with E-state index in [9.17, 15) is 4.79 Å². The van der Waals surface area contributed by atoms with Crippen molar-refractivity contribution in [3.63, 3.8) is 0 Å². The van der Waals surface area contributed by atoms with Crippen molar-refractivity contribution in [3.05, 3.63) is 24.2 Å². The average molecular weight is 450 g/mol. The average Bonchev–Trinajstić information content (AvgIpc) is 2.95. The standard InChI is InChI=1S/C17H30N4O2.HI/c1-6-13(2)20-16(18-10-9-14-8-7-11-23-14)19-12-15(22)21-17(3,4)5;/h7-8,11,13H,6,9-10,12H2,1-5H3,(H,21,22)(H2,18,19,20);1H. The third-order valence-electron chi connectivity index (χ3n) is 3.13. The van der Waals surface area contributed by atoms with E-state index < -0.39 is 0 Å². The minimum Gasteiger partial charge on any atom is -0.469 e. The van der Waals surface area contributed by atoms with E-state index in [4.69, 9.17) is 4.42 Å². The van der Waals surface area contributed by atoms with Gasteiger partial charge < -0.3 is 20.4 Å². The first-order chi connectivity index (χ1) is 10.8. The molecule has 0 saturated carbocycles. The topological polar surface area (TPSA) is 78.7 Å². The molecule has 0 saturated heterocycles. The predicted molar refractivity (Wildman–Crippen MR) is 109 cm³/mol. The predicted octanol–water partition coefficient (Wildman–Crippen LogP) is 2.69. The number of carbonyl (C=O) groups is 1. The third-order valence-corrected chi connectivity index (χ3v) is 3.13. The van der Waals surface area contributed by atoms with Gasteiger partial charge in [0.2, 0.25) is 5.91 Å². The van der Waals surface area contributed by atoms with Crippen LogP contribution in [0.15, 0.2) is 27.8 Å². The first kappa shape index (κ1) is 22.8. The van der Waals surface area contributed by atoms with Crippen LogP contribution in [0.2, 0.25) is 0 Å². The Kier molecular flexibility index (Phi) is 10.7. The van der Waals surface area contributed by atoms with E-state index in [0.29, 0.717) is 12.5 Å². The van der Waals surface area contributed by atoms with Crippen molar-refractivity contribution in [3.8, 4) is 0 Å². The SMILES string of the molecule is CCC(C)NC(=NCC(=O)NC(C)(C)C)NCCc1ccco1.I. The van der Waals surface area contributed by atoms with Crippen LogP contribution in [0.4, 0.5) is 0 Å². The molecule has 0 fully saturated rings. The summed E-state index contributed by atoms with van der Waals surface area (Å²) in [6, 6.07) is 4.10. The molecule has 0 aromatic carbocycles. The molecule has 1 unspecified atom stereocenters. The number of hydrogen-bond donors (Lipinski definition) is 3. The van der Waals surface area contributed by atoms with Crippen LogP contribution in [0.5, 0.6) is 0 Å². The van der Waals surface area contributed by atoms with E-state index in [0.717, 1.165) is 18.6 Å². The fourth-order valence-electron chi connectivity index (χ4n) is 1.86. The smallest absolute Gasteiger partial charge is 0.242 e. The fourth-order valence-corrected chi connectivity index (χ4v) is 1.86. The summed E-state index contributed by atoms with van der Waals surface area (Å²) in [5, 5.41) is 9.44. The molecule has 0 aliphatic carbocycles. The third kappa shape index (κ3) is 10.5. The van der Waals surface area contributed by atoms with Gasteiger partial charge in [-0.05, 0) is 46.2 Å². The van der Waals surface area contributed by atoms with Crippen molar-refractivity contribution in [1.29, 1.82) is 0 Å². The van der Waals surface area contributed by atoms with Crippen LogP contribution in [0.25, 0.3) is 0 Å². The highest BCUT2D eigenvalue weighted by Gasteiger charge is 2.13. The van der Waals surface area contributed by atoms with Crippen LogP contribution >= 0.6 is 24.0 Å². The fraction of sp³-hybridized carbons (Fsp3) is 0.647. The highest BCUT2D eigenvalue weighted by molar-refractivity contribution is 14.0. The maximum absolute atomic E-state index is 11.9. The van der Waals surface area contributed by atoms with Crippen molar-refractivity contribution in [2.24, 2.45) is 4.99 Å². The van der Waals surface area contributed by atoms with E-state index in [-0.39, 0.29) is 48.0 Å². The van der Waals surface area contributed by atoms with Gasteiger partial charge in [-0.2, -0.15) is 0 Å². The Bertz CT molecular complexity index is 495. The summed E-state index contributed by atoms with van der Waals surface area (Å²) in [7, 11) is 0. The zero-order chi connectivity index (χ0) is 17.3. The molecule has 6 nitrogen and oxygen atoms in total. The van der Waals surface area contributed by atoms with Gasteiger partial charge >= 0.3 is 0 Å². The molecule has 1 aromatic heterocycles. The van der Waals surface area contributed by atoms with E-state index in [1.54, 1.807) is 6.26 Å². The molecular weight excluding hydrogens is 419 g/mol. The van der Waals surface area contributed by atoms with Crippen LogP contribution in [0.1, 0.15) is 46.8 Å². The van der Waals surface area contributed by atoms with Crippen molar-refractivity contribution >= 4 is 35.8 Å². The second-order valence-electron chi connectivity index (χ2n) is 6.67. The normalized spacial score (nSPS) is 13.0. The summed E-state index contributed by atoms with van der Waals surface area (Å²) in [5.74, 6) is 1.48. The van der Waals surface area contributed by atoms with E-state index in [1.165, 1.54) is 0 Å². The van der Waals surface area contributed by atoms with Gasteiger partial charge in [-0.15, -0.1) is 24.0 Å². The number of halogens is 1. The Balaban J connectivity index is 0.00000529. The molecule has 3 N–H and O–H groups in total. The van der Waals surface area contributed by atoms with Gasteiger partial charge in [0.25, 0.3) is 0 Å². The maximum Gasteiger partial charge on any atom is 0.242 e. The minimum atomic E-state index is -0.246. The number of hydrogen-bond acceptors (Lipinski definition) is 3. The molecule has 1 amide bonds. The van der Waals surface area contributed by atoms with Crippen LogP contribution in [-0.2, 0) is 11.2 Å². The molecular formula is C17H31IN4O2. The van der Waals surface area contributed by atoms with Crippen molar-refractivity contribution in [1.82, 2.24) is 16.0 Å². The highest BCUT2D eigenvalue weighted by atomic mass is 127. The molecule has 24 heavy (non-hydrogen) atoms. The second kappa shape index (κ2) is 11.3. The lowest BCUT2D eigenvalue weighted by Gasteiger charge is -2.20.